The van der Waals surface area contributed by atoms with Gasteiger partial charge in [-0.3, -0.25) is 0 Å². The molecule has 0 aromatic heterocycles. The first-order valence-electron chi connectivity index (χ1n) is 3.55. The predicted octanol–water partition coefficient (Wildman–Crippen LogP) is 2.30. The highest BCUT2D eigenvalue weighted by atomic mass is 35.5. The molecule has 0 bridgehead atoms. The first kappa shape index (κ1) is 10.3. The first-order chi connectivity index (χ1) is 6.18. The van der Waals surface area contributed by atoms with Crippen molar-refractivity contribution in [1.29, 1.82) is 0 Å². The molecule has 0 saturated heterocycles. The highest BCUT2D eigenvalue weighted by Gasteiger charge is 2.07. The molecular weight excluding hydrogens is 213 g/mol. The monoisotopic (exact) mass is 219 g/mol. The Hall–Kier alpha value is -0.770. The van der Waals surface area contributed by atoms with Gasteiger partial charge in [-0.05, 0) is 5.56 Å². The maximum Gasteiger partial charge on any atom is 0.332 e. The summed E-state index contributed by atoms with van der Waals surface area (Å²) in [6.07, 6.45) is 0.150. The Morgan fingerprint density at radius 3 is 2.46 bits per heavy atom. The Morgan fingerprint density at radius 1 is 1.31 bits per heavy atom. The molecule has 0 N–H and O–H groups in total. The van der Waals surface area contributed by atoms with Crippen LogP contribution in [0, 0.1) is 0 Å². The summed E-state index contributed by atoms with van der Waals surface area (Å²) in [7, 11) is 0. The number of rotatable bonds is 3. The van der Waals surface area contributed by atoms with E-state index in [4.69, 9.17) is 23.6 Å². The van der Waals surface area contributed by atoms with Crippen LogP contribution in [0.15, 0.2) is 30.3 Å². The van der Waals surface area contributed by atoms with Gasteiger partial charge in [-0.25, -0.2) is 4.79 Å². The summed E-state index contributed by atoms with van der Waals surface area (Å²) in [6.45, 7) is 0. The number of nitrogens with zero attached hydrogens (tertiary/aromatic N) is 1. The minimum atomic E-state index is -0.504. The molecule has 3 nitrogen and oxygen atoms in total. The standard InChI is InChI=1S/C8H7Cl2NO2/c9-11(10)13-8(12)6-7-4-2-1-3-5-7/h1-5H,6H2. The Kier molecular flexibility index (Phi) is 4.02. The summed E-state index contributed by atoms with van der Waals surface area (Å²) in [5, 5.41) is 0. The molecule has 0 aliphatic heterocycles. The molecule has 1 aromatic rings. The molecule has 0 aliphatic rings. The van der Waals surface area contributed by atoms with E-state index < -0.39 is 5.97 Å². The van der Waals surface area contributed by atoms with E-state index in [1.807, 2.05) is 30.3 Å². The van der Waals surface area contributed by atoms with Crippen molar-refractivity contribution < 1.29 is 9.63 Å². The van der Waals surface area contributed by atoms with E-state index in [0.717, 1.165) is 5.56 Å². The summed E-state index contributed by atoms with van der Waals surface area (Å²) in [5.41, 5.74) is 0.850. The second-order valence-corrected chi connectivity index (χ2v) is 3.11. The summed E-state index contributed by atoms with van der Waals surface area (Å²) in [6, 6.07) is 9.16. The van der Waals surface area contributed by atoms with Gasteiger partial charge in [0.2, 0.25) is 0 Å². The first-order valence-corrected chi connectivity index (χ1v) is 4.22. The van der Waals surface area contributed by atoms with Gasteiger partial charge >= 0.3 is 5.97 Å². The van der Waals surface area contributed by atoms with Gasteiger partial charge in [0.1, 0.15) is 0 Å². The topological polar surface area (TPSA) is 29.5 Å². The lowest BCUT2D eigenvalue weighted by Gasteiger charge is -2.03. The van der Waals surface area contributed by atoms with Crippen LogP contribution in [0.1, 0.15) is 5.56 Å². The van der Waals surface area contributed by atoms with E-state index in [2.05, 4.69) is 4.84 Å². The maximum absolute atomic E-state index is 11.0. The largest absolute Gasteiger partial charge is 0.336 e. The normalized spacial score (nSPS) is 10.1. The molecule has 70 valence electrons. The van der Waals surface area contributed by atoms with Crippen molar-refractivity contribution in [2.75, 3.05) is 0 Å². The molecule has 5 heteroatoms. The quantitative estimate of drug-likeness (QED) is 0.578. The lowest BCUT2D eigenvalue weighted by Crippen LogP contribution is -2.12. The lowest BCUT2D eigenvalue weighted by atomic mass is 10.2. The molecular formula is C8H7Cl2NO2. The zero-order chi connectivity index (χ0) is 9.68. The van der Waals surface area contributed by atoms with E-state index in [1.165, 1.54) is 0 Å². The van der Waals surface area contributed by atoms with Crippen molar-refractivity contribution in [2.24, 2.45) is 0 Å². The van der Waals surface area contributed by atoms with Gasteiger partial charge < -0.3 is 4.84 Å². The van der Waals surface area contributed by atoms with Crippen molar-refractivity contribution >= 4 is 29.5 Å². The average molecular weight is 220 g/mol. The second-order valence-electron chi connectivity index (χ2n) is 2.33. The smallest absolute Gasteiger partial charge is 0.332 e. The van der Waals surface area contributed by atoms with E-state index in [0.29, 0.717) is 4.10 Å². The maximum atomic E-state index is 11.0. The van der Waals surface area contributed by atoms with E-state index >= 15 is 0 Å². The van der Waals surface area contributed by atoms with Crippen LogP contribution >= 0.6 is 23.6 Å². The zero-order valence-corrected chi connectivity index (χ0v) is 8.13. The number of carbonyl (C=O) groups is 1. The number of hydrogen-bond acceptors (Lipinski definition) is 3. The van der Waals surface area contributed by atoms with Crippen LogP contribution in [0.4, 0.5) is 0 Å². The van der Waals surface area contributed by atoms with Gasteiger partial charge in [0.25, 0.3) is 0 Å². The third-order valence-corrected chi connectivity index (χ3v) is 1.50. The third kappa shape index (κ3) is 4.12. The molecule has 0 radical (unpaired) electrons. The van der Waals surface area contributed by atoms with Gasteiger partial charge in [-0.15, -0.1) is 0 Å². The zero-order valence-electron chi connectivity index (χ0n) is 6.61. The molecule has 0 heterocycles. The van der Waals surface area contributed by atoms with Gasteiger partial charge in [0.15, 0.2) is 0 Å². The fraction of sp³-hybridized carbons (Fsp3) is 0.125. The minimum absolute atomic E-state index is 0.150. The van der Waals surface area contributed by atoms with Crippen molar-refractivity contribution in [2.45, 2.75) is 6.42 Å². The highest BCUT2D eigenvalue weighted by molar-refractivity contribution is 6.33. The van der Waals surface area contributed by atoms with Crippen LogP contribution < -0.4 is 0 Å². The Labute approximate surface area is 86.0 Å². The van der Waals surface area contributed by atoms with E-state index in [-0.39, 0.29) is 6.42 Å². The van der Waals surface area contributed by atoms with Gasteiger partial charge in [-0.2, -0.15) is 0 Å². The molecule has 13 heavy (non-hydrogen) atoms. The van der Waals surface area contributed by atoms with E-state index in [9.17, 15) is 4.79 Å². The highest BCUT2D eigenvalue weighted by Crippen LogP contribution is 2.05. The van der Waals surface area contributed by atoms with Crippen LogP contribution in [0.25, 0.3) is 0 Å². The van der Waals surface area contributed by atoms with Crippen LogP contribution in [-0.2, 0) is 16.1 Å². The van der Waals surface area contributed by atoms with Gasteiger partial charge in [-0.1, -0.05) is 30.3 Å². The molecule has 1 rings (SSSR count). The van der Waals surface area contributed by atoms with Crippen LogP contribution in [-0.4, -0.2) is 10.1 Å². The summed E-state index contributed by atoms with van der Waals surface area (Å²) < 4.78 is 0.339. The second kappa shape index (κ2) is 5.07. The molecule has 0 spiro atoms. The van der Waals surface area contributed by atoms with Gasteiger partial charge in [0.05, 0.1) is 6.42 Å². The Bertz CT molecular complexity index is 277. The molecule has 0 unspecified atom stereocenters. The third-order valence-electron chi connectivity index (χ3n) is 1.36. The van der Waals surface area contributed by atoms with Crippen molar-refractivity contribution in [3.8, 4) is 0 Å². The Morgan fingerprint density at radius 2 is 1.92 bits per heavy atom. The van der Waals surface area contributed by atoms with Crippen molar-refractivity contribution in [1.82, 2.24) is 4.10 Å². The molecule has 0 fully saturated rings. The van der Waals surface area contributed by atoms with Crippen LogP contribution in [0.5, 0.6) is 0 Å². The number of halogens is 2. The predicted molar refractivity (Wildman–Crippen MR) is 49.8 cm³/mol. The van der Waals surface area contributed by atoms with Crippen molar-refractivity contribution in [3.63, 3.8) is 0 Å². The average Bonchev–Trinajstić information content (AvgIpc) is 2.04. The number of carbonyl (C=O) groups excluding carboxylic acids is 1. The molecule has 1 aromatic carbocycles. The SMILES string of the molecule is O=C(Cc1ccccc1)ON(Cl)Cl. The fourth-order valence-corrected chi connectivity index (χ4v) is 1.03. The fourth-order valence-electron chi connectivity index (χ4n) is 0.872. The Balaban J connectivity index is 2.46. The molecule has 0 saturated carbocycles. The van der Waals surface area contributed by atoms with E-state index in [1.54, 1.807) is 0 Å². The molecule has 0 aliphatic carbocycles. The van der Waals surface area contributed by atoms with Crippen LogP contribution in [0.3, 0.4) is 0 Å². The minimum Gasteiger partial charge on any atom is -0.336 e. The lowest BCUT2D eigenvalue weighted by molar-refractivity contribution is -0.157. The molecule has 0 atom stereocenters. The summed E-state index contributed by atoms with van der Waals surface area (Å²) in [4.78, 5) is 15.4. The summed E-state index contributed by atoms with van der Waals surface area (Å²) in [5.74, 6) is -0.504. The van der Waals surface area contributed by atoms with Crippen molar-refractivity contribution in [3.05, 3.63) is 35.9 Å². The van der Waals surface area contributed by atoms with Gasteiger partial charge in [0, 0.05) is 27.7 Å². The van der Waals surface area contributed by atoms with Crippen LogP contribution in [0.2, 0.25) is 0 Å². The number of hydrogen-bond donors (Lipinski definition) is 0. The number of benzene rings is 1. The summed E-state index contributed by atoms with van der Waals surface area (Å²) >= 11 is 10.2. The molecule has 0 amide bonds.